The average Bonchev–Trinajstić information content (AvgIpc) is 3.18. The average molecular weight is 247 g/mol. The Morgan fingerprint density at radius 3 is 2.65 bits per heavy atom. The van der Waals surface area contributed by atoms with E-state index in [1.54, 1.807) is 0 Å². The summed E-state index contributed by atoms with van der Waals surface area (Å²) >= 11 is 1.88. The van der Waals surface area contributed by atoms with Gasteiger partial charge in [-0.25, -0.2) is 0 Å². The van der Waals surface area contributed by atoms with Crippen LogP contribution in [0.3, 0.4) is 0 Å². The van der Waals surface area contributed by atoms with E-state index in [2.05, 4.69) is 43.1 Å². The molecule has 1 aromatic carbocycles. The monoisotopic (exact) mass is 247 g/mol. The maximum absolute atomic E-state index is 4.03. The minimum absolute atomic E-state index is 0.789. The highest BCUT2D eigenvalue weighted by molar-refractivity contribution is 7.99. The van der Waals surface area contributed by atoms with Gasteiger partial charge in [0.2, 0.25) is 0 Å². The van der Waals surface area contributed by atoms with E-state index in [1.165, 1.54) is 28.9 Å². The van der Waals surface area contributed by atoms with Gasteiger partial charge in [0.25, 0.3) is 0 Å². The van der Waals surface area contributed by atoms with E-state index < -0.39 is 0 Å². The van der Waals surface area contributed by atoms with Gasteiger partial charge < -0.3 is 5.32 Å². The predicted molar refractivity (Wildman–Crippen MR) is 76.5 cm³/mol. The van der Waals surface area contributed by atoms with E-state index in [1.807, 2.05) is 11.8 Å². The first kappa shape index (κ1) is 12.7. The van der Waals surface area contributed by atoms with Crippen molar-refractivity contribution < 1.29 is 0 Å². The molecule has 2 rings (SSSR count). The van der Waals surface area contributed by atoms with Gasteiger partial charge in [-0.3, -0.25) is 0 Å². The first-order valence-corrected chi connectivity index (χ1v) is 7.38. The number of nitrogens with one attached hydrogen (secondary N) is 1. The summed E-state index contributed by atoms with van der Waals surface area (Å²) in [6, 6.07) is 9.69. The van der Waals surface area contributed by atoms with Gasteiger partial charge in [-0.15, -0.1) is 11.8 Å². The molecule has 2 heteroatoms. The largest absolute Gasteiger partial charge is 0.310 e. The molecule has 1 aliphatic carbocycles. The second kappa shape index (κ2) is 6.27. The van der Waals surface area contributed by atoms with Crippen LogP contribution >= 0.6 is 11.8 Å². The van der Waals surface area contributed by atoms with Gasteiger partial charge in [0.15, 0.2) is 0 Å². The van der Waals surface area contributed by atoms with Gasteiger partial charge >= 0.3 is 0 Å². The van der Waals surface area contributed by atoms with Crippen molar-refractivity contribution in [3.8, 4) is 0 Å². The maximum atomic E-state index is 4.03. The number of rotatable bonds is 7. The van der Waals surface area contributed by atoms with Crippen molar-refractivity contribution in [1.82, 2.24) is 5.32 Å². The third kappa shape index (κ3) is 4.57. The minimum Gasteiger partial charge on any atom is -0.310 e. The van der Waals surface area contributed by atoms with Crippen LogP contribution in [-0.4, -0.2) is 11.8 Å². The fourth-order valence-electron chi connectivity index (χ4n) is 1.54. The van der Waals surface area contributed by atoms with E-state index in [-0.39, 0.29) is 0 Å². The number of hydrogen-bond acceptors (Lipinski definition) is 2. The topological polar surface area (TPSA) is 12.0 Å². The zero-order chi connectivity index (χ0) is 12.1. The highest BCUT2D eigenvalue weighted by atomic mass is 32.2. The molecule has 0 atom stereocenters. The molecule has 0 aliphatic heterocycles. The smallest absolute Gasteiger partial charge is 0.0208 e. The van der Waals surface area contributed by atoms with Crippen molar-refractivity contribution in [2.45, 2.75) is 43.7 Å². The summed E-state index contributed by atoms with van der Waals surface area (Å²) in [6.07, 6.45) is 3.79. The van der Waals surface area contributed by atoms with Crippen molar-refractivity contribution in [1.29, 1.82) is 0 Å². The Hall–Kier alpha value is -0.730. The lowest BCUT2D eigenvalue weighted by atomic mass is 10.2. The molecule has 1 saturated carbocycles. The predicted octanol–water partition coefficient (Wildman–Crippen LogP) is 4.00. The van der Waals surface area contributed by atoms with Crippen molar-refractivity contribution >= 4 is 11.8 Å². The second-order valence-corrected chi connectivity index (χ2v) is 5.74. The number of thioether (sulfide) groups is 1. The Labute approximate surface area is 109 Å². The van der Waals surface area contributed by atoms with Crippen LogP contribution in [0.2, 0.25) is 0 Å². The summed E-state index contributed by atoms with van der Waals surface area (Å²) in [6.45, 7) is 7.20. The van der Waals surface area contributed by atoms with Crippen molar-refractivity contribution in [3.63, 3.8) is 0 Å². The van der Waals surface area contributed by atoms with Crippen LogP contribution in [0.25, 0.3) is 0 Å². The fraction of sp³-hybridized carbons (Fsp3) is 0.467. The minimum atomic E-state index is 0.789. The van der Waals surface area contributed by atoms with E-state index in [9.17, 15) is 0 Å². The second-order valence-electron chi connectivity index (χ2n) is 4.69. The summed E-state index contributed by atoms with van der Waals surface area (Å²) < 4.78 is 0. The molecule has 1 aliphatic rings. The van der Waals surface area contributed by atoms with Crippen molar-refractivity contribution in [2.75, 3.05) is 5.75 Å². The summed E-state index contributed by atoms with van der Waals surface area (Å²) in [5.74, 6) is 1.04. The van der Waals surface area contributed by atoms with Crippen molar-refractivity contribution in [2.24, 2.45) is 0 Å². The van der Waals surface area contributed by atoms with Crippen LogP contribution in [0.4, 0.5) is 0 Å². The zero-order valence-electron chi connectivity index (χ0n) is 10.5. The van der Waals surface area contributed by atoms with Crippen LogP contribution in [0.5, 0.6) is 0 Å². The lowest BCUT2D eigenvalue weighted by molar-refractivity contribution is 0.687. The molecule has 92 valence electrons. The Morgan fingerprint density at radius 1 is 1.35 bits per heavy atom. The molecule has 1 N–H and O–H groups in total. The molecule has 0 spiro atoms. The van der Waals surface area contributed by atoms with Crippen LogP contribution < -0.4 is 5.32 Å². The molecule has 0 unspecified atom stereocenters. The molecular weight excluding hydrogens is 226 g/mol. The molecular formula is C15H21NS. The Morgan fingerprint density at radius 2 is 2.06 bits per heavy atom. The number of hydrogen-bond donors (Lipinski definition) is 1. The molecule has 0 saturated heterocycles. The van der Waals surface area contributed by atoms with Gasteiger partial charge in [0, 0.05) is 23.2 Å². The quantitative estimate of drug-likeness (QED) is 0.577. The molecule has 1 aromatic rings. The van der Waals surface area contributed by atoms with Gasteiger partial charge in [-0.2, -0.15) is 0 Å². The van der Waals surface area contributed by atoms with Crippen LogP contribution in [0.15, 0.2) is 41.3 Å². The van der Waals surface area contributed by atoms with Gasteiger partial charge in [0.1, 0.15) is 0 Å². The normalized spacial score (nSPS) is 14.9. The van der Waals surface area contributed by atoms with Crippen LogP contribution in [0.1, 0.15) is 31.7 Å². The fourth-order valence-corrected chi connectivity index (χ4v) is 2.44. The lowest BCUT2D eigenvalue weighted by Gasteiger charge is -2.06. The van der Waals surface area contributed by atoms with Gasteiger partial charge in [-0.1, -0.05) is 31.2 Å². The van der Waals surface area contributed by atoms with E-state index in [0.717, 1.165) is 24.8 Å². The van der Waals surface area contributed by atoms with Gasteiger partial charge in [-0.05, 0) is 37.0 Å². The molecule has 1 fully saturated rings. The summed E-state index contributed by atoms with van der Waals surface area (Å²) in [7, 11) is 0. The first-order chi connectivity index (χ1) is 8.28. The number of benzene rings is 1. The molecule has 0 amide bonds. The SMILES string of the molecule is C=C(CC)CSc1ccc(CNC2CC2)cc1. The Balaban J connectivity index is 1.77. The summed E-state index contributed by atoms with van der Waals surface area (Å²) in [4.78, 5) is 1.34. The zero-order valence-corrected chi connectivity index (χ0v) is 11.4. The maximum Gasteiger partial charge on any atom is 0.0208 e. The van der Waals surface area contributed by atoms with E-state index >= 15 is 0 Å². The summed E-state index contributed by atoms with van der Waals surface area (Å²) in [5.41, 5.74) is 2.70. The Kier molecular flexibility index (Phi) is 4.69. The van der Waals surface area contributed by atoms with Crippen LogP contribution in [-0.2, 0) is 6.54 Å². The molecule has 1 nitrogen and oxygen atoms in total. The molecule has 0 heterocycles. The molecule has 0 bridgehead atoms. The van der Waals surface area contributed by atoms with E-state index in [0.29, 0.717) is 0 Å². The Bertz CT molecular complexity index is 365. The lowest BCUT2D eigenvalue weighted by Crippen LogP contribution is -2.14. The highest BCUT2D eigenvalue weighted by Crippen LogP contribution is 2.22. The van der Waals surface area contributed by atoms with E-state index in [4.69, 9.17) is 0 Å². The van der Waals surface area contributed by atoms with Crippen LogP contribution in [0, 0.1) is 0 Å². The standard InChI is InChI=1S/C15H21NS/c1-3-12(2)11-17-15-8-4-13(5-9-15)10-16-14-6-7-14/h4-5,8-9,14,16H,2-3,6-7,10-11H2,1H3. The third-order valence-corrected chi connectivity index (χ3v) is 4.20. The van der Waals surface area contributed by atoms with Gasteiger partial charge in [0.05, 0.1) is 0 Å². The summed E-state index contributed by atoms with van der Waals surface area (Å²) in [5, 5.41) is 3.53. The third-order valence-electron chi connectivity index (χ3n) is 3.04. The first-order valence-electron chi connectivity index (χ1n) is 6.39. The highest BCUT2D eigenvalue weighted by Gasteiger charge is 2.19. The molecule has 0 radical (unpaired) electrons. The molecule has 17 heavy (non-hydrogen) atoms. The molecule has 0 aromatic heterocycles. The van der Waals surface area contributed by atoms with Crippen molar-refractivity contribution in [3.05, 3.63) is 42.0 Å².